The average Bonchev–Trinajstić information content (AvgIpc) is 2.45. The molecule has 0 aromatic rings. The van der Waals surface area contributed by atoms with Crippen LogP contribution in [0.4, 0.5) is 4.79 Å². The SMILES string of the molecule is CC(C)(C)OC(=O)N1CCCC(CCC2CCCCN2)C1. The number of carbonyl (C=O) groups is 1. The molecule has 2 fully saturated rings. The van der Waals surface area contributed by atoms with Gasteiger partial charge in [0.1, 0.15) is 5.60 Å². The van der Waals surface area contributed by atoms with Gasteiger partial charge in [-0.2, -0.15) is 0 Å². The molecule has 2 saturated heterocycles. The van der Waals surface area contributed by atoms with Gasteiger partial charge in [-0.25, -0.2) is 4.79 Å². The first-order valence-corrected chi connectivity index (χ1v) is 8.65. The summed E-state index contributed by atoms with van der Waals surface area (Å²) in [5.41, 5.74) is -0.393. The molecule has 0 aliphatic carbocycles. The molecule has 122 valence electrons. The summed E-state index contributed by atoms with van der Waals surface area (Å²) in [6.45, 7) is 8.71. The van der Waals surface area contributed by atoms with Gasteiger partial charge in [-0.3, -0.25) is 0 Å². The highest BCUT2D eigenvalue weighted by molar-refractivity contribution is 5.68. The smallest absolute Gasteiger partial charge is 0.410 e. The second-order valence-electron chi connectivity index (χ2n) is 7.66. The Bertz CT molecular complexity index is 332. The summed E-state index contributed by atoms with van der Waals surface area (Å²) in [6, 6.07) is 0.704. The lowest BCUT2D eigenvalue weighted by Gasteiger charge is -2.35. The van der Waals surface area contributed by atoms with Crippen molar-refractivity contribution in [1.82, 2.24) is 10.2 Å². The van der Waals surface area contributed by atoms with E-state index < -0.39 is 5.60 Å². The molecule has 2 rings (SSSR count). The summed E-state index contributed by atoms with van der Waals surface area (Å²) in [4.78, 5) is 14.1. The molecule has 2 aliphatic rings. The lowest BCUT2D eigenvalue weighted by atomic mass is 9.90. The highest BCUT2D eigenvalue weighted by Gasteiger charge is 2.28. The summed E-state index contributed by atoms with van der Waals surface area (Å²) in [6.07, 6.45) is 8.74. The first-order chi connectivity index (χ1) is 9.94. The second-order valence-corrected chi connectivity index (χ2v) is 7.66. The fraction of sp³-hybridized carbons (Fsp3) is 0.941. The third kappa shape index (κ3) is 5.85. The zero-order valence-electron chi connectivity index (χ0n) is 14.0. The molecule has 1 amide bonds. The molecule has 1 N–H and O–H groups in total. The number of nitrogens with one attached hydrogen (secondary N) is 1. The third-order valence-corrected chi connectivity index (χ3v) is 4.51. The van der Waals surface area contributed by atoms with Crippen LogP contribution in [0.5, 0.6) is 0 Å². The van der Waals surface area contributed by atoms with Gasteiger partial charge < -0.3 is 15.0 Å². The maximum Gasteiger partial charge on any atom is 0.410 e. The molecule has 0 radical (unpaired) electrons. The van der Waals surface area contributed by atoms with E-state index in [1.54, 1.807) is 0 Å². The Kier molecular flexibility index (Phi) is 5.91. The van der Waals surface area contributed by atoms with E-state index in [1.807, 2.05) is 25.7 Å². The average molecular weight is 296 g/mol. The summed E-state index contributed by atoms with van der Waals surface area (Å²) in [5.74, 6) is 0.648. The van der Waals surface area contributed by atoms with Crippen molar-refractivity contribution in [2.24, 2.45) is 5.92 Å². The monoisotopic (exact) mass is 296 g/mol. The molecule has 2 aliphatic heterocycles. The van der Waals surface area contributed by atoms with E-state index >= 15 is 0 Å². The molecule has 21 heavy (non-hydrogen) atoms. The molecule has 4 heteroatoms. The van der Waals surface area contributed by atoms with Gasteiger partial charge in [-0.1, -0.05) is 6.42 Å². The Hall–Kier alpha value is -0.770. The van der Waals surface area contributed by atoms with Gasteiger partial charge >= 0.3 is 6.09 Å². The predicted molar refractivity (Wildman–Crippen MR) is 85.4 cm³/mol. The molecule has 0 spiro atoms. The van der Waals surface area contributed by atoms with Gasteiger partial charge in [0.15, 0.2) is 0 Å². The van der Waals surface area contributed by atoms with Gasteiger partial charge in [0, 0.05) is 19.1 Å². The molecule has 0 aromatic carbocycles. The Morgan fingerprint density at radius 1 is 1.19 bits per heavy atom. The van der Waals surface area contributed by atoms with E-state index in [0.717, 1.165) is 19.5 Å². The number of hydrogen-bond acceptors (Lipinski definition) is 3. The minimum Gasteiger partial charge on any atom is -0.444 e. The van der Waals surface area contributed by atoms with Crippen LogP contribution in [0.3, 0.4) is 0 Å². The molecule has 0 aromatic heterocycles. The van der Waals surface area contributed by atoms with Crippen LogP contribution >= 0.6 is 0 Å². The van der Waals surface area contributed by atoms with Gasteiger partial charge in [-0.15, -0.1) is 0 Å². The third-order valence-electron chi connectivity index (χ3n) is 4.51. The van der Waals surface area contributed by atoms with Crippen molar-refractivity contribution < 1.29 is 9.53 Å². The molecular weight excluding hydrogens is 264 g/mol. The number of ether oxygens (including phenoxy) is 1. The van der Waals surface area contributed by atoms with Crippen LogP contribution < -0.4 is 5.32 Å². The number of amides is 1. The molecule has 2 heterocycles. The predicted octanol–water partition coefficient (Wildman–Crippen LogP) is 3.56. The fourth-order valence-corrected chi connectivity index (χ4v) is 3.40. The summed E-state index contributed by atoms with van der Waals surface area (Å²) < 4.78 is 5.49. The molecule has 0 saturated carbocycles. The van der Waals surface area contributed by atoms with Crippen molar-refractivity contribution in [3.8, 4) is 0 Å². The van der Waals surface area contributed by atoms with E-state index in [-0.39, 0.29) is 6.09 Å². The zero-order chi connectivity index (χ0) is 15.3. The van der Waals surface area contributed by atoms with Crippen molar-refractivity contribution in [2.45, 2.75) is 77.4 Å². The highest BCUT2D eigenvalue weighted by Crippen LogP contribution is 2.24. The van der Waals surface area contributed by atoms with Gasteiger partial charge in [0.25, 0.3) is 0 Å². The van der Waals surface area contributed by atoms with Crippen LogP contribution in [0.2, 0.25) is 0 Å². The number of carbonyl (C=O) groups excluding carboxylic acids is 1. The number of likely N-dealkylation sites (tertiary alicyclic amines) is 1. The van der Waals surface area contributed by atoms with Gasteiger partial charge in [-0.05, 0) is 71.8 Å². The van der Waals surface area contributed by atoms with Crippen LogP contribution in [0, 0.1) is 5.92 Å². The van der Waals surface area contributed by atoms with Crippen LogP contribution in [0.25, 0.3) is 0 Å². The van der Waals surface area contributed by atoms with Crippen molar-refractivity contribution in [1.29, 1.82) is 0 Å². The summed E-state index contributed by atoms with van der Waals surface area (Å²) in [7, 11) is 0. The topological polar surface area (TPSA) is 41.6 Å². The Morgan fingerprint density at radius 3 is 2.67 bits per heavy atom. The lowest BCUT2D eigenvalue weighted by Crippen LogP contribution is -2.43. The Balaban J connectivity index is 1.73. The first kappa shape index (κ1) is 16.6. The number of nitrogens with zero attached hydrogens (tertiary/aromatic N) is 1. The minimum absolute atomic E-state index is 0.136. The van der Waals surface area contributed by atoms with Crippen LogP contribution in [-0.4, -0.2) is 42.3 Å². The van der Waals surface area contributed by atoms with E-state index in [2.05, 4.69) is 5.32 Å². The van der Waals surface area contributed by atoms with Gasteiger partial charge in [0.2, 0.25) is 0 Å². The molecule has 0 bridgehead atoms. The molecular formula is C17H32N2O2. The van der Waals surface area contributed by atoms with Crippen molar-refractivity contribution in [3.05, 3.63) is 0 Å². The summed E-state index contributed by atoms with van der Waals surface area (Å²) >= 11 is 0. The fourth-order valence-electron chi connectivity index (χ4n) is 3.40. The van der Waals surface area contributed by atoms with Crippen LogP contribution in [0.15, 0.2) is 0 Å². The summed E-state index contributed by atoms with van der Waals surface area (Å²) in [5, 5.41) is 3.62. The van der Waals surface area contributed by atoms with E-state index in [1.165, 1.54) is 45.1 Å². The Morgan fingerprint density at radius 2 is 2.00 bits per heavy atom. The Labute approximate surface area is 129 Å². The first-order valence-electron chi connectivity index (χ1n) is 8.65. The number of rotatable bonds is 3. The van der Waals surface area contributed by atoms with E-state index in [0.29, 0.717) is 12.0 Å². The second kappa shape index (κ2) is 7.48. The maximum atomic E-state index is 12.2. The molecule has 2 unspecified atom stereocenters. The molecule has 4 nitrogen and oxygen atoms in total. The largest absolute Gasteiger partial charge is 0.444 e. The number of hydrogen-bond donors (Lipinski definition) is 1. The van der Waals surface area contributed by atoms with Crippen molar-refractivity contribution >= 4 is 6.09 Å². The van der Waals surface area contributed by atoms with Gasteiger partial charge in [0.05, 0.1) is 0 Å². The van der Waals surface area contributed by atoms with Crippen molar-refractivity contribution in [2.75, 3.05) is 19.6 Å². The molecule has 2 atom stereocenters. The number of piperidine rings is 2. The van der Waals surface area contributed by atoms with Crippen LogP contribution in [0.1, 0.15) is 65.7 Å². The standard InChI is InChI=1S/C17H32N2O2/c1-17(2,3)21-16(20)19-12-6-7-14(13-19)9-10-15-8-4-5-11-18-15/h14-15,18H,4-13H2,1-3H3. The van der Waals surface area contributed by atoms with Crippen LogP contribution in [-0.2, 0) is 4.74 Å². The zero-order valence-corrected chi connectivity index (χ0v) is 14.0. The highest BCUT2D eigenvalue weighted by atomic mass is 16.6. The van der Waals surface area contributed by atoms with E-state index in [4.69, 9.17) is 4.74 Å². The minimum atomic E-state index is -0.393. The maximum absolute atomic E-state index is 12.2. The lowest BCUT2D eigenvalue weighted by molar-refractivity contribution is 0.0159. The normalized spacial score (nSPS) is 27.5. The van der Waals surface area contributed by atoms with Crippen molar-refractivity contribution in [3.63, 3.8) is 0 Å². The quantitative estimate of drug-likeness (QED) is 0.866. The van der Waals surface area contributed by atoms with E-state index in [9.17, 15) is 4.79 Å².